The molecular weight excluding hydrogens is 412 g/mol. The summed E-state index contributed by atoms with van der Waals surface area (Å²) in [5.41, 5.74) is 3.04. The van der Waals surface area contributed by atoms with E-state index in [1.807, 2.05) is 36.4 Å². The largest absolute Gasteiger partial charge is 0.450 e. The quantitative estimate of drug-likeness (QED) is 0.469. The normalized spacial score (nSPS) is 14.7. The Morgan fingerprint density at radius 2 is 1.74 bits per heavy atom. The van der Waals surface area contributed by atoms with Gasteiger partial charge in [-0.05, 0) is 42.7 Å². The van der Waals surface area contributed by atoms with Crippen LogP contribution < -0.4 is 10.2 Å². The van der Waals surface area contributed by atoms with Crippen molar-refractivity contribution in [1.82, 2.24) is 15.3 Å². The van der Waals surface area contributed by atoms with Gasteiger partial charge in [-0.25, -0.2) is 9.97 Å². The lowest BCUT2D eigenvalue weighted by atomic mass is 10.2. The monoisotopic (exact) mass is 434 g/mol. The Hall–Kier alpha value is -3.12. The third-order valence-corrected chi connectivity index (χ3v) is 5.93. The molecule has 3 heterocycles. The number of carbonyl (C=O) groups is 1. The zero-order valence-electron chi connectivity index (χ0n) is 17.1. The molecule has 0 atom stereocenters. The predicted octanol–water partition coefficient (Wildman–Crippen LogP) is 5.34. The van der Waals surface area contributed by atoms with Crippen molar-refractivity contribution >= 4 is 45.4 Å². The average Bonchev–Trinajstić information content (AvgIpc) is 2.96. The molecule has 0 aliphatic carbocycles. The van der Waals surface area contributed by atoms with Gasteiger partial charge >= 0.3 is 0 Å². The third kappa shape index (κ3) is 4.08. The molecule has 1 aliphatic heterocycles. The standard InChI is InChI=1S/C24H23ClN4O2/c25-17-11-9-16(10-12-17)15-26-24(30)22-27-20-18-7-3-4-8-19(18)31-21(20)23(28-22)29-13-5-1-2-6-14-29/h3-4,7-12H,1-2,5-6,13-15H2,(H,26,30). The first kappa shape index (κ1) is 19.8. The number of nitrogens with one attached hydrogen (secondary N) is 1. The number of rotatable bonds is 4. The molecule has 1 aliphatic rings. The van der Waals surface area contributed by atoms with E-state index < -0.39 is 0 Å². The SMILES string of the molecule is O=C(NCc1ccc(Cl)cc1)c1nc(N2CCCCCC2)c2oc3ccccc3c2n1. The van der Waals surface area contributed by atoms with Crippen molar-refractivity contribution in [1.29, 1.82) is 0 Å². The molecule has 0 saturated carbocycles. The fourth-order valence-electron chi connectivity index (χ4n) is 4.04. The Morgan fingerprint density at radius 1 is 1.00 bits per heavy atom. The zero-order valence-corrected chi connectivity index (χ0v) is 17.9. The number of hydrogen-bond acceptors (Lipinski definition) is 5. The van der Waals surface area contributed by atoms with Gasteiger partial charge in [-0.3, -0.25) is 4.79 Å². The van der Waals surface area contributed by atoms with Crippen LogP contribution in [0.25, 0.3) is 22.1 Å². The number of aromatic nitrogens is 2. The Labute approximate surface area is 185 Å². The molecule has 1 fully saturated rings. The zero-order chi connectivity index (χ0) is 21.2. The maximum Gasteiger partial charge on any atom is 0.289 e. The van der Waals surface area contributed by atoms with Gasteiger partial charge in [-0.2, -0.15) is 0 Å². The Balaban J connectivity index is 1.53. The Bertz CT molecular complexity index is 1230. The highest BCUT2D eigenvalue weighted by Crippen LogP contribution is 2.33. The predicted molar refractivity (Wildman–Crippen MR) is 123 cm³/mol. The summed E-state index contributed by atoms with van der Waals surface area (Å²) in [6, 6.07) is 15.2. The van der Waals surface area contributed by atoms with Gasteiger partial charge in [-0.15, -0.1) is 0 Å². The number of benzene rings is 2. The second-order valence-electron chi connectivity index (χ2n) is 7.86. The topological polar surface area (TPSA) is 71.3 Å². The lowest BCUT2D eigenvalue weighted by Crippen LogP contribution is -2.29. The van der Waals surface area contributed by atoms with Crippen LogP contribution in [0, 0.1) is 0 Å². The van der Waals surface area contributed by atoms with Gasteiger partial charge in [0.15, 0.2) is 11.4 Å². The van der Waals surface area contributed by atoms with Crippen molar-refractivity contribution in [3.8, 4) is 0 Å². The number of amides is 1. The second-order valence-corrected chi connectivity index (χ2v) is 8.29. The van der Waals surface area contributed by atoms with Crippen molar-refractivity contribution in [2.45, 2.75) is 32.2 Å². The van der Waals surface area contributed by atoms with Crippen LogP contribution >= 0.6 is 11.6 Å². The van der Waals surface area contributed by atoms with E-state index in [0.29, 0.717) is 28.5 Å². The van der Waals surface area contributed by atoms with Gasteiger partial charge in [-0.1, -0.05) is 48.7 Å². The highest BCUT2D eigenvalue weighted by molar-refractivity contribution is 6.30. The summed E-state index contributed by atoms with van der Waals surface area (Å²) < 4.78 is 6.14. The molecule has 0 spiro atoms. The van der Waals surface area contributed by atoms with Gasteiger partial charge < -0.3 is 14.6 Å². The molecule has 0 radical (unpaired) electrons. The number of fused-ring (bicyclic) bond motifs is 3. The van der Waals surface area contributed by atoms with Crippen molar-refractivity contribution in [2.24, 2.45) is 0 Å². The lowest BCUT2D eigenvalue weighted by molar-refractivity contribution is 0.0941. The molecular formula is C24H23ClN4O2. The number of nitrogens with zero attached hydrogens (tertiary/aromatic N) is 3. The number of halogens is 1. The molecule has 2 aromatic carbocycles. The van der Waals surface area contributed by atoms with Crippen molar-refractivity contribution in [3.05, 3.63) is 64.9 Å². The molecule has 7 heteroatoms. The van der Waals surface area contributed by atoms with E-state index in [1.165, 1.54) is 12.8 Å². The smallest absolute Gasteiger partial charge is 0.289 e. The molecule has 31 heavy (non-hydrogen) atoms. The van der Waals surface area contributed by atoms with E-state index in [-0.39, 0.29) is 11.7 Å². The van der Waals surface area contributed by atoms with E-state index in [0.717, 1.165) is 42.5 Å². The summed E-state index contributed by atoms with van der Waals surface area (Å²) in [5, 5.41) is 4.48. The average molecular weight is 435 g/mol. The second kappa shape index (κ2) is 8.55. The molecule has 1 amide bonds. The van der Waals surface area contributed by atoms with Gasteiger partial charge in [0.05, 0.1) is 0 Å². The number of furan rings is 1. The number of hydrogen-bond donors (Lipinski definition) is 1. The van der Waals surface area contributed by atoms with E-state index in [9.17, 15) is 4.79 Å². The minimum Gasteiger partial charge on any atom is -0.450 e. The van der Waals surface area contributed by atoms with Gasteiger partial charge in [0.1, 0.15) is 11.1 Å². The molecule has 6 nitrogen and oxygen atoms in total. The molecule has 0 bridgehead atoms. The van der Waals surface area contributed by atoms with Crippen LogP contribution in [0.5, 0.6) is 0 Å². The highest BCUT2D eigenvalue weighted by Gasteiger charge is 2.23. The maximum atomic E-state index is 13.0. The number of anilines is 1. The number of carbonyl (C=O) groups excluding carboxylic acids is 1. The first-order valence-electron chi connectivity index (χ1n) is 10.7. The summed E-state index contributed by atoms with van der Waals surface area (Å²) in [6.45, 7) is 2.17. The van der Waals surface area contributed by atoms with Crippen LogP contribution in [0.15, 0.2) is 52.9 Å². The molecule has 158 valence electrons. The maximum absolute atomic E-state index is 13.0. The summed E-state index contributed by atoms with van der Waals surface area (Å²) in [7, 11) is 0. The lowest BCUT2D eigenvalue weighted by Gasteiger charge is -2.21. The fraction of sp³-hybridized carbons (Fsp3) is 0.292. The summed E-state index contributed by atoms with van der Waals surface area (Å²) in [4.78, 5) is 24.5. The number of para-hydroxylation sites is 1. The van der Waals surface area contributed by atoms with Gasteiger partial charge in [0.2, 0.25) is 5.82 Å². The van der Waals surface area contributed by atoms with Crippen molar-refractivity contribution < 1.29 is 9.21 Å². The fourth-order valence-corrected chi connectivity index (χ4v) is 4.16. The van der Waals surface area contributed by atoms with E-state index >= 15 is 0 Å². The van der Waals surface area contributed by atoms with Crippen LogP contribution in [0.2, 0.25) is 5.02 Å². The first-order chi connectivity index (χ1) is 15.2. The molecule has 1 N–H and O–H groups in total. The summed E-state index contributed by atoms with van der Waals surface area (Å²) >= 11 is 5.94. The minimum absolute atomic E-state index is 0.160. The highest BCUT2D eigenvalue weighted by atomic mass is 35.5. The molecule has 0 unspecified atom stereocenters. The van der Waals surface area contributed by atoms with E-state index in [4.69, 9.17) is 16.0 Å². The van der Waals surface area contributed by atoms with Crippen LogP contribution in [0.3, 0.4) is 0 Å². The molecule has 1 saturated heterocycles. The molecule has 5 rings (SSSR count). The van der Waals surface area contributed by atoms with Crippen molar-refractivity contribution in [3.63, 3.8) is 0 Å². The van der Waals surface area contributed by atoms with Gasteiger partial charge in [0, 0.05) is 30.0 Å². The van der Waals surface area contributed by atoms with E-state index in [2.05, 4.69) is 20.2 Å². The van der Waals surface area contributed by atoms with Crippen LogP contribution in [0.1, 0.15) is 41.9 Å². The van der Waals surface area contributed by atoms with Crippen LogP contribution in [0.4, 0.5) is 5.82 Å². The third-order valence-electron chi connectivity index (χ3n) is 5.68. The molecule has 4 aromatic rings. The van der Waals surface area contributed by atoms with E-state index in [1.54, 1.807) is 12.1 Å². The van der Waals surface area contributed by atoms with Crippen molar-refractivity contribution in [2.75, 3.05) is 18.0 Å². The first-order valence-corrected chi connectivity index (χ1v) is 11.0. The Morgan fingerprint density at radius 3 is 2.52 bits per heavy atom. The molecule has 2 aromatic heterocycles. The summed E-state index contributed by atoms with van der Waals surface area (Å²) in [6.07, 6.45) is 4.62. The Kier molecular flexibility index (Phi) is 5.47. The van der Waals surface area contributed by atoms with Crippen LogP contribution in [-0.2, 0) is 6.54 Å². The summed E-state index contributed by atoms with van der Waals surface area (Å²) in [5.74, 6) is 0.560. The minimum atomic E-state index is -0.307. The van der Waals surface area contributed by atoms with Crippen LogP contribution in [-0.4, -0.2) is 29.0 Å². The van der Waals surface area contributed by atoms with Gasteiger partial charge in [0.25, 0.3) is 5.91 Å².